The number of hydrogen-bond acceptors (Lipinski definition) is 4. The minimum atomic E-state index is -0.363. The lowest BCUT2D eigenvalue weighted by Crippen LogP contribution is -1.99. The second-order valence-corrected chi connectivity index (χ2v) is 6.41. The summed E-state index contributed by atoms with van der Waals surface area (Å²) in [7, 11) is 0. The molecule has 2 aromatic rings. The van der Waals surface area contributed by atoms with Gasteiger partial charge in [-0.15, -0.1) is 11.3 Å². The van der Waals surface area contributed by atoms with E-state index in [2.05, 4.69) is 24.4 Å². The molecule has 0 unspecified atom stereocenters. The monoisotopic (exact) mass is 388 g/mol. The predicted molar refractivity (Wildman–Crippen MR) is 86.8 cm³/mol. The molecule has 0 aliphatic heterocycles. The van der Waals surface area contributed by atoms with Crippen molar-refractivity contribution in [2.24, 2.45) is 0 Å². The second-order valence-electron chi connectivity index (χ2n) is 4.00. The largest absolute Gasteiger partial charge is 0.380 e. The topological polar surface area (TPSA) is 55.2 Å². The van der Waals surface area contributed by atoms with Crippen molar-refractivity contribution in [3.8, 4) is 0 Å². The maximum atomic E-state index is 10.7. The third kappa shape index (κ3) is 3.66. The van der Waals surface area contributed by atoms with E-state index in [0.29, 0.717) is 3.57 Å². The van der Waals surface area contributed by atoms with Crippen LogP contribution in [0, 0.1) is 13.7 Å². The molecule has 6 heteroatoms. The van der Waals surface area contributed by atoms with Crippen LogP contribution in [0.15, 0.2) is 30.3 Å². The highest BCUT2D eigenvalue weighted by Gasteiger charge is 2.11. The molecule has 0 amide bonds. The summed E-state index contributed by atoms with van der Waals surface area (Å²) in [6.45, 7) is 2.89. The van der Waals surface area contributed by atoms with Crippen LogP contribution >= 0.6 is 33.9 Å². The Balaban J connectivity index is 2.03. The van der Waals surface area contributed by atoms with E-state index in [1.807, 2.05) is 22.6 Å². The summed E-state index contributed by atoms with van der Waals surface area (Å²) in [5.41, 5.74) is 1.05. The summed E-state index contributed by atoms with van der Waals surface area (Å²) >= 11 is 3.78. The minimum Gasteiger partial charge on any atom is -0.380 e. The SMILES string of the molecule is CCc1ccc(CNc2ccc([N+](=O)[O-])c(I)c2)s1. The zero-order valence-corrected chi connectivity index (χ0v) is 13.3. The molecule has 0 fully saturated rings. The van der Waals surface area contributed by atoms with Crippen molar-refractivity contribution in [2.75, 3.05) is 5.32 Å². The maximum Gasteiger partial charge on any atom is 0.282 e. The van der Waals surface area contributed by atoms with Crippen molar-refractivity contribution in [1.29, 1.82) is 0 Å². The first-order valence-electron chi connectivity index (χ1n) is 5.85. The number of anilines is 1. The molecule has 0 saturated heterocycles. The highest BCUT2D eigenvalue weighted by molar-refractivity contribution is 14.1. The fraction of sp³-hybridized carbons (Fsp3) is 0.231. The summed E-state index contributed by atoms with van der Waals surface area (Å²) < 4.78 is 0.646. The molecule has 0 spiro atoms. The quantitative estimate of drug-likeness (QED) is 0.468. The van der Waals surface area contributed by atoms with E-state index >= 15 is 0 Å². The number of aryl methyl sites for hydroxylation is 1. The third-order valence-corrected chi connectivity index (χ3v) is 4.77. The summed E-state index contributed by atoms with van der Waals surface area (Å²) in [4.78, 5) is 13.0. The van der Waals surface area contributed by atoms with Crippen LogP contribution in [-0.2, 0) is 13.0 Å². The van der Waals surface area contributed by atoms with E-state index in [9.17, 15) is 10.1 Å². The molecule has 1 aromatic heterocycles. The molecule has 1 N–H and O–H groups in total. The Labute approximate surface area is 129 Å². The molecular formula is C13H13IN2O2S. The van der Waals surface area contributed by atoms with E-state index in [1.54, 1.807) is 23.5 Å². The van der Waals surface area contributed by atoms with E-state index < -0.39 is 0 Å². The number of nitro groups is 1. The van der Waals surface area contributed by atoms with Gasteiger partial charge in [-0.25, -0.2) is 0 Å². The van der Waals surface area contributed by atoms with Gasteiger partial charge in [-0.2, -0.15) is 0 Å². The van der Waals surface area contributed by atoms with Gasteiger partial charge in [0.05, 0.1) is 8.49 Å². The molecule has 100 valence electrons. The molecule has 0 saturated carbocycles. The Morgan fingerprint density at radius 2 is 2.05 bits per heavy atom. The molecule has 0 atom stereocenters. The summed E-state index contributed by atoms with van der Waals surface area (Å²) in [6.07, 6.45) is 1.06. The van der Waals surface area contributed by atoms with E-state index in [0.717, 1.165) is 18.7 Å². The number of benzene rings is 1. The fourth-order valence-corrected chi connectivity index (χ4v) is 3.27. The number of nitro benzene ring substituents is 1. The van der Waals surface area contributed by atoms with Crippen molar-refractivity contribution in [1.82, 2.24) is 0 Å². The first kappa shape index (κ1) is 14.3. The van der Waals surface area contributed by atoms with Crippen molar-refractivity contribution in [3.63, 3.8) is 0 Å². The predicted octanol–water partition coefficient (Wildman–Crippen LogP) is 4.44. The van der Waals surface area contributed by atoms with Crippen LogP contribution in [0.1, 0.15) is 16.7 Å². The Hall–Kier alpha value is -1.15. The average Bonchev–Trinajstić information content (AvgIpc) is 2.84. The summed E-state index contributed by atoms with van der Waals surface area (Å²) in [5, 5.41) is 14.0. The molecular weight excluding hydrogens is 375 g/mol. The smallest absolute Gasteiger partial charge is 0.282 e. The Morgan fingerprint density at radius 1 is 1.32 bits per heavy atom. The van der Waals surface area contributed by atoms with Gasteiger partial charge < -0.3 is 5.32 Å². The standard InChI is InChI=1S/C13H13IN2O2S/c1-2-10-4-5-11(19-10)8-15-9-3-6-13(16(17)18)12(14)7-9/h3-7,15H,2,8H2,1H3. The van der Waals surface area contributed by atoms with Crippen LogP contribution in [-0.4, -0.2) is 4.92 Å². The van der Waals surface area contributed by atoms with Crippen LogP contribution < -0.4 is 5.32 Å². The lowest BCUT2D eigenvalue weighted by atomic mass is 10.3. The molecule has 2 rings (SSSR count). The zero-order valence-electron chi connectivity index (χ0n) is 10.4. The van der Waals surface area contributed by atoms with Crippen molar-refractivity contribution in [3.05, 3.63) is 53.8 Å². The molecule has 0 aliphatic carbocycles. The molecule has 0 aliphatic rings. The Kier molecular flexibility index (Phi) is 4.76. The highest BCUT2D eigenvalue weighted by Crippen LogP contribution is 2.25. The third-order valence-electron chi connectivity index (χ3n) is 2.68. The van der Waals surface area contributed by atoms with Gasteiger partial charge in [0.2, 0.25) is 0 Å². The number of nitrogens with one attached hydrogen (secondary N) is 1. The first-order chi connectivity index (χ1) is 9.10. The lowest BCUT2D eigenvalue weighted by Gasteiger charge is -2.05. The van der Waals surface area contributed by atoms with Gasteiger partial charge >= 0.3 is 0 Å². The number of rotatable bonds is 5. The number of nitrogens with zero attached hydrogens (tertiary/aromatic N) is 1. The zero-order chi connectivity index (χ0) is 13.8. The van der Waals surface area contributed by atoms with Crippen molar-refractivity contribution < 1.29 is 4.92 Å². The van der Waals surface area contributed by atoms with E-state index in [1.165, 1.54) is 15.8 Å². The van der Waals surface area contributed by atoms with E-state index in [-0.39, 0.29) is 10.6 Å². The number of thiophene rings is 1. The minimum absolute atomic E-state index is 0.149. The normalized spacial score (nSPS) is 10.4. The second kappa shape index (κ2) is 6.33. The van der Waals surface area contributed by atoms with Gasteiger partial charge in [-0.1, -0.05) is 6.92 Å². The van der Waals surface area contributed by atoms with Crippen LogP contribution in [0.25, 0.3) is 0 Å². The molecule has 19 heavy (non-hydrogen) atoms. The van der Waals surface area contributed by atoms with Gasteiger partial charge in [-0.3, -0.25) is 10.1 Å². The van der Waals surface area contributed by atoms with Gasteiger partial charge in [0.15, 0.2) is 0 Å². The lowest BCUT2D eigenvalue weighted by molar-refractivity contribution is -0.385. The summed E-state index contributed by atoms with van der Waals surface area (Å²) in [6, 6.07) is 9.34. The maximum absolute atomic E-state index is 10.7. The molecule has 4 nitrogen and oxygen atoms in total. The highest BCUT2D eigenvalue weighted by atomic mass is 127. The van der Waals surface area contributed by atoms with Crippen molar-refractivity contribution >= 4 is 45.3 Å². The Morgan fingerprint density at radius 3 is 2.63 bits per heavy atom. The molecule has 1 heterocycles. The average molecular weight is 388 g/mol. The van der Waals surface area contributed by atoms with Gasteiger partial charge in [0, 0.05) is 28.1 Å². The van der Waals surface area contributed by atoms with Crippen LogP contribution in [0.5, 0.6) is 0 Å². The van der Waals surface area contributed by atoms with E-state index in [4.69, 9.17) is 0 Å². The van der Waals surface area contributed by atoms with Gasteiger partial charge in [-0.05, 0) is 53.3 Å². The summed E-state index contributed by atoms with van der Waals surface area (Å²) in [5.74, 6) is 0. The first-order valence-corrected chi connectivity index (χ1v) is 7.75. The molecule has 0 radical (unpaired) electrons. The van der Waals surface area contributed by atoms with Gasteiger partial charge in [0.1, 0.15) is 0 Å². The molecule has 0 bridgehead atoms. The van der Waals surface area contributed by atoms with Gasteiger partial charge in [0.25, 0.3) is 5.69 Å². The van der Waals surface area contributed by atoms with Crippen LogP contribution in [0.3, 0.4) is 0 Å². The number of halogens is 1. The number of hydrogen-bond donors (Lipinski definition) is 1. The Bertz CT molecular complexity index is 598. The molecule has 1 aromatic carbocycles. The fourth-order valence-electron chi connectivity index (χ4n) is 1.66. The van der Waals surface area contributed by atoms with Crippen LogP contribution in [0.2, 0.25) is 0 Å². The van der Waals surface area contributed by atoms with Crippen LogP contribution in [0.4, 0.5) is 11.4 Å². The van der Waals surface area contributed by atoms with Crippen molar-refractivity contribution in [2.45, 2.75) is 19.9 Å².